The number of amides is 1. The van der Waals surface area contributed by atoms with Crippen LogP contribution in [0.3, 0.4) is 0 Å². The van der Waals surface area contributed by atoms with Crippen molar-refractivity contribution in [2.75, 3.05) is 5.32 Å². The van der Waals surface area contributed by atoms with Gasteiger partial charge in [-0.05, 0) is 24.3 Å². The van der Waals surface area contributed by atoms with Crippen molar-refractivity contribution in [3.05, 3.63) is 70.5 Å². The molecule has 2 aromatic carbocycles. The van der Waals surface area contributed by atoms with Gasteiger partial charge >= 0.3 is 0 Å². The standard InChI is InChI=1S/C16H11F2N3O2/c17-10-5-6-12(18)13(7-10)20-16(23)9-21-14-4-2-1-3-11(14)15(22)8-19-21/h1-8H,9H2,(H,20,23). The van der Waals surface area contributed by atoms with E-state index in [4.69, 9.17) is 0 Å². The van der Waals surface area contributed by atoms with Crippen molar-refractivity contribution in [2.24, 2.45) is 0 Å². The number of fused-ring (bicyclic) bond motifs is 1. The number of rotatable bonds is 3. The molecule has 23 heavy (non-hydrogen) atoms. The second kappa shape index (κ2) is 5.96. The zero-order valence-corrected chi connectivity index (χ0v) is 11.8. The smallest absolute Gasteiger partial charge is 0.246 e. The third-order valence-electron chi connectivity index (χ3n) is 3.26. The second-order valence-electron chi connectivity index (χ2n) is 4.86. The van der Waals surface area contributed by atoms with Crippen LogP contribution in [0.25, 0.3) is 10.9 Å². The lowest BCUT2D eigenvalue weighted by Gasteiger charge is -2.10. The van der Waals surface area contributed by atoms with Gasteiger partial charge in [0.1, 0.15) is 18.2 Å². The van der Waals surface area contributed by atoms with Gasteiger partial charge in [0.05, 0.1) is 17.4 Å². The third-order valence-corrected chi connectivity index (χ3v) is 3.26. The lowest BCUT2D eigenvalue weighted by molar-refractivity contribution is -0.116. The highest BCUT2D eigenvalue weighted by Gasteiger charge is 2.11. The molecule has 0 radical (unpaired) electrons. The molecular formula is C16H11F2N3O2. The van der Waals surface area contributed by atoms with E-state index in [0.29, 0.717) is 10.9 Å². The Hall–Kier alpha value is -3.09. The minimum atomic E-state index is -0.738. The lowest BCUT2D eigenvalue weighted by Crippen LogP contribution is -2.23. The van der Waals surface area contributed by atoms with Gasteiger partial charge in [0.2, 0.25) is 11.3 Å². The number of aromatic nitrogens is 2. The lowest BCUT2D eigenvalue weighted by atomic mass is 10.2. The summed E-state index contributed by atoms with van der Waals surface area (Å²) < 4.78 is 28.0. The molecule has 3 aromatic rings. The van der Waals surface area contributed by atoms with Crippen molar-refractivity contribution >= 4 is 22.5 Å². The number of nitrogens with zero attached hydrogens (tertiary/aromatic N) is 2. The number of nitrogens with one attached hydrogen (secondary N) is 1. The number of carbonyl (C=O) groups excluding carboxylic acids is 1. The minimum Gasteiger partial charge on any atom is -0.322 e. The quantitative estimate of drug-likeness (QED) is 0.807. The molecule has 1 heterocycles. The highest BCUT2D eigenvalue weighted by molar-refractivity contribution is 5.91. The summed E-state index contributed by atoms with van der Waals surface area (Å²) in [6.07, 6.45) is 1.11. The van der Waals surface area contributed by atoms with Gasteiger partial charge < -0.3 is 5.32 Å². The van der Waals surface area contributed by atoms with Crippen molar-refractivity contribution in [1.82, 2.24) is 9.78 Å². The molecule has 0 saturated carbocycles. The van der Waals surface area contributed by atoms with Gasteiger partial charge in [0.15, 0.2) is 0 Å². The first kappa shape index (κ1) is 14.8. The highest BCUT2D eigenvalue weighted by atomic mass is 19.1. The van der Waals surface area contributed by atoms with Crippen LogP contribution in [-0.4, -0.2) is 15.7 Å². The maximum atomic E-state index is 13.5. The first-order chi connectivity index (χ1) is 11.0. The Morgan fingerprint density at radius 1 is 1.17 bits per heavy atom. The molecule has 1 amide bonds. The van der Waals surface area contributed by atoms with E-state index >= 15 is 0 Å². The maximum absolute atomic E-state index is 13.5. The summed E-state index contributed by atoms with van der Waals surface area (Å²) in [6.45, 7) is -0.239. The van der Waals surface area contributed by atoms with Crippen molar-refractivity contribution < 1.29 is 13.6 Å². The largest absolute Gasteiger partial charge is 0.322 e. The fraction of sp³-hybridized carbons (Fsp3) is 0.0625. The first-order valence-electron chi connectivity index (χ1n) is 6.74. The van der Waals surface area contributed by atoms with E-state index in [0.717, 1.165) is 24.4 Å². The number of hydrogen-bond acceptors (Lipinski definition) is 3. The van der Waals surface area contributed by atoms with E-state index < -0.39 is 17.5 Å². The molecule has 0 aliphatic carbocycles. The zero-order chi connectivity index (χ0) is 16.4. The normalized spacial score (nSPS) is 10.7. The van der Waals surface area contributed by atoms with Crippen LogP contribution in [0.15, 0.2) is 53.5 Å². The maximum Gasteiger partial charge on any atom is 0.246 e. The summed E-state index contributed by atoms with van der Waals surface area (Å²) in [6, 6.07) is 9.48. The predicted molar refractivity (Wildman–Crippen MR) is 81.0 cm³/mol. The van der Waals surface area contributed by atoms with E-state index in [1.165, 1.54) is 4.68 Å². The number of hydrogen-bond donors (Lipinski definition) is 1. The molecule has 0 atom stereocenters. The average Bonchev–Trinajstić information content (AvgIpc) is 2.54. The van der Waals surface area contributed by atoms with Crippen LogP contribution in [0.1, 0.15) is 0 Å². The number of benzene rings is 2. The van der Waals surface area contributed by atoms with Crippen LogP contribution in [0, 0.1) is 11.6 Å². The van der Waals surface area contributed by atoms with Crippen LogP contribution in [0.5, 0.6) is 0 Å². The van der Waals surface area contributed by atoms with Gasteiger partial charge in [0, 0.05) is 11.5 Å². The molecule has 1 N–H and O–H groups in total. The summed E-state index contributed by atoms with van der Waals surface area (Å²) in [7, 11) is 0. The third kappa shape index (κ3) is 3.08. The van der Waals surface area contributed by atoms with Crippen LogP contribution in [0.4, 0.5) is 14.5 Å². The van der Waals surface area contributed by atoms with E-state index in [-0.39, 0.29) is 17.7 Å². The van der Waals surface area contributed by atoms with Gasteiger partial charge in [-0.25, -0.2) is 8.78 Å². The zero-order valence-electron chi connectivity index (χ0n) is 11.8. The van der Waals surface area contributed by atoms with Gasteiger partial charge in [0.25, 0.3) is 0 Å². The Balaban J connectivity index is 1.88. The van der Waals surface area contributed by atoms with Crippen LogP contribution in [-0.2, 0) is 11.3 Å². The number of para-hydroxylation sites is 1. The van der Waals surface area contributed by atoms with E-state index in [9.17, 15) is 18.4 Å². The van der Waals surface area contributed by atoms with Gasteiger partial charge in [-0.1, -0.05) is 12.1 Å². The predicted octanol–water partition coefficient (Wildman–Crippen LogP) is 2.31. The Labute approximate surface area is 129 Å². The monoisotopic (exact) mass is 315 g/mol. The Bertz CT molecular complexity index is 953. The topological polar surface area (TPSA) is 64.0 Å². The van der Waals surface area contributed by atoms with Crippen molar-refractivity contribution in [1.29, 1.82) is 0 Å². The summed E-state index contributed by atoms with van der Waals surface area (Å²) in [5.41, 5.74) is -0.0244. The van der Waals surface area contributed by atoms with E-state index in [1.54, 1.807) is 24.3 Å². The molecule has 0 aliphatic rings. The second-order valence-corrected chi connectivity index (χ2v) is 4.86. The molecule has 0 saturated heterocycles. The summed E-state index contributed by atoms with van der Waals surface area (Å²) in [4.78, 5) is 23.8. The average molecular weight is 315 g/mol. The fourth-order valence-corrected chi connectivity index (χ4v) is 2.21. The Morgan fingerprint density at radius 2 is 1.96 bits per heavy atom. The van der Waals surface area contributed by atoms with Crippen LogP contribution < -0.4 is 10.7 Å². The van der Waals surface area contributed by atoms with Crippen molar-refractivity contribution in [3.63, 3.8) is 0 Å². The van der Waals surface area contributed by atoms with Gasteiger partial charge in [-0.3, -0.25) is 14.3 Å². The van der Waals surface area contributed by atoms with E-state index in [2.05, 4.69) is 10.4 Å². The molecule has 0 unspecified atom stereocenters. The number of carbonyl (C=O) groups is 1. The molecule has 0 spiro atoms. The molecule has 0 bridgehead atoms. The van der Waals surface area contributed by atoms with Crippen LogP contribution >= 0.6 is 0 Å². The molecule has 3 rings (SSSR count). The number of halogens is 2. The van der Waals surface area contributed by atoms with Crippen molar-refractivity contribution in [3.8, 4) is 0 Å². The summed E-state index contributed by atoms with van der Waals surface area (Å²) >= 11 is 0. The first-order valence-corrected chi connectivity index (χ1v) is 6.74. The molecule has 0 fully saturated rings. The molecule has 5 nitrogen and oxygen atoms in total. The van der Waals surface area contributed by atoms with Gasteiger partial charge in [-0.2, -0.15) is 5.10 Å². The molecule has 7 heteroatoms. The van der Waals surface area contributed by atoms with Crippen molar-refractivity contribution in [2.45, 2.75) is 6.54 Å². The molecular weight excluding hydrogens is 304 g/mol. The molecule has 0 aliphatic heterocycles. The minimum absolute atomic E-state index is 0.239. The van der Waals surface area contributed by atoms with E-state index in [1.807, 2.05) is 0 Å². The molecule has 116 valence electrons. The SMILES string of the molecule is O=C(Cn1ncc(=O)c2ccccc21)Nc1cc(F)ccc1F. The fourth-order valence-electron chi connectivity index (χ4n) is 2.21. The molecule has 1 aromatic heterocycles. The summed E-state index contributed by atoms with van der Waals surface area (Å²) in [5.74, 6) is -1.98. The number of anilines is 1. The Morgan fingerprint density at radius 3 is 2.78 bits per heavy atom. The Kier molecular flexibility index (Phi) is 3.84. The van der Waals surface area contributed by atoms with Gasteiger partial charge in [-0.15, -0.1) is 0 Å². The summed E-state index contributed by atoms with van der Waals surface area (Å²) in [5, 5.41) is 6.61. The highest BCUT2D eigenvalue weighted by Crippen LogP contribution is 2.15. The van der Waals surface area contributed by atoms with Crippen LogP contribution in [0.2, 0.25) is 0 Å².